The predicted molar refractivity (Wildman–Crippen MR) is 97.4 cm³/mol. The van der Waals surface area contributed by atoms with Crippen molar-refractivity contribution >= 4 is 22.8 Å². The van der Waals surface area contributed by atoms with Crippen molar-refractivity contribution in [3.8, 4) is 17.5 Å². The van der Waals surface area contributed by atoms with E-state index in [0.29, 0.717) is 17.8 Å². The monoisotopic (exact) mass is 346 g/mol. The highest BCUT2D eigenvalue weighted by Crippen LogP contribution is 2.22. The molecular weight excluding hydrogens is 332 g/mol. The minimum atomic E-state index is 0.657. The van der Waals surface area contributed by atoms with Gasteiger partial charge in [0.05, 0.1) is 11.6 Å². The van der Waals surface area contributed by atoms with Crippen LogP contribution in [0.3, 0.4) is 0 Å². The minimum Gasteiger partial charge on any atom is -0.354 e. The Bertz CT molecular complexity index is 1060. The summed E-state index contributed by atoms with van der Waals surface area (Å²) in [6.45, 7) is 0.657. The van der Waals surface area contributed by atoms with Gasteiger partial charge in [0.1, 0.15) is 5.82 Å². The number of anilines is 1. The first-order chi connectivity index (χ1) is 12.2. The highest BCUT2D eigenvalue weighted by Gasteiger charge is 2.12. The summed E-state index contributed by atoms with van der Waals surface area (Å²) >= 11 is 1.62. The van der Waals surface area contributed by atoms with Crippen LogP contribution in [0.5, 0.6) is 0 Å². The second kappa shape index (κ2) is 6.34. The van der Waals surface area contributed by atoms with Crippen LogP contribution in [0.1, 0.15) is 11.1 Å². The van der Waals surface area contributed by atoms with Gasteiger partial charge in [0.25, 0.3) is 0 Å². The first kappa shape index (κ1) is 15.3. The number of thiophene rings is 1. The minimum absolute atomic E-state index is 0.657. The van der Waals surface area contributed by atoms with Gasteiger partial charge in [-0.1, -0.05) is 12.1 Å². The van der Waals surface area contributed by atoms with Crippen LogP contribution < -0.4 is 4.90 Å². The van der Waals surface area contributed by atoms with E-state index in [-0.39, 0.29) is 0 Å². The predicted octanol–water partition coefficient (Wildman–Crippen LogP) is 3.36. The number of hydrogen-bond acceptors (Lipinski definition) is 6. The molecule has 0 aliphatic heterocycles. The largest absolute Gasteiger partial charge is 0.354 e. The van der Waals surface area contributed by atoms with Gasteiger partial charge in [-0.3, -0.25) is 0 Å². The van der Waals surface area contributed by atoms with E-state index in [1.54, 1.807) is 21.9 Å². The van der Waals surface area contributed by atoms with Crippen molar-refractivity contribution in [2.24, 2.45) is 0 Å². The van der Waals surface area contributed by atoms with E-state index in [0.717, 1.165) is 22.8 Å². The summed E-state index contributed by atoms with van der Waals surface area (Å²) in [4.78, 5) is 2.04. The van der Waals surface area contributed by atoms with Crippen LogP contribution >= 0.6 is 11.3 Å². The second-order valence-corrected chi connectivity index (χ2v) is 6.45. The molecule has 0 atom stereocenters. The number of nitrogens with zero attached hydrogens (tertiary/aromatic N) is 6. The van der Waals surface area contributed by atoms with Crippen molar-refractivity contribution in [1.82, 2.24) is 19.8 Å². The average Bonchev–Trinajstić information content (AvgIpc) is 3.30. The zero-order valence-corrected chi connectivity index (χ0v) is 14.3. The smallest absolute Gasteiger partial charge is 0.186 e. The van der Waals surface area contributed by atoms with Crippen LogP contribution in [0.2, 0.25) is 0 Å². The summed E-state index contributed by atoms with van der Waals surface area (Å²) in [6.07, 6.45) is 0. The molecule has 0 amide bonds. The van der Waals surface area contributed by atoms with Gasteiger partial charge in [-0.05, 0) is 41.3 Å². The van der Waals surface area contributed by atoms with Crippen molar-refractivity contribution in [2.75, 3.05) is 11.9 Å². The van der Waals surface area contributed by atoms with E-state index in [2.05, 4.69) is 21.4 Å². The number of fused-ring (bicyclic) bond motifs is 1. The molecule has 7 heteroatoms. The molecule has 122 valence electrons. The molecule has 0 saturated carbocycles. The molecule has 3 aromatic heterocycles. The lowest BCUT2D eigenvalue weighted by Crippen LogP contribution is -2.18. The number of nitriles is 1. The van der Waals surface area contributed by atoms with Gasteiger partial charge in [0.15, 0.2) is 11.5 Å². The number of benzene rings is 1. The van der Waals surface area contributed by atoms with Crippen LogP contribution in [0, 0.1) is 11.3 Å². The van der Waals surface area contributed by atoms with Gasteiger partial charge < -0.3 is 4.90 Å². The molecule has 25 heavy (non-hydrogen) atoms. The Kier molecular flexibility index (Phi) is 3.88. The van der Waals surface area contributed by atoms with Crippen LogP contribution in [0.25, 0.3) is 17.0 Å². The summed E-state index contributed by atoms with van der Waals surface area (Å²) in [5, 5.41) is 26.2. The molecule has 3 heterocycles. The molecular formula is C18H14N6S. The maximum Gasteiger partial charge on any atom is 0.186 e. The molecule has 0 N–H and O–H groups in total. The fraction of sp³-hybridized carbons (Fsp3) is 0.111. The summed E-state index contributed by atoms with van der Waals surface area (Å²) in [7, 11) is 1.97. The third-order valence-corrected chi connectivity index (χ3v) is 4.58. The van der Waals surface area contributed by atoms with E-state index in [1.807, 2.05) is 59.1 Å². The fourth-order valence-electron chi connectivity index (χ4n) is 2.65. The van der Waals surface area contributed by atoms with Crippen LogP contribution in [0.15, 0.2) is 53.2 Å². The first-order valence-corrected chi connectivity index (χ1v) is 8.64. The fourth-order valence-corrected chi connectivity index (χ4v) is 3.28. The number of rotatable bonds is 4. The van der Waals surface area contributed by atoms with Gasteiger partial charge in [-0.25, -0.2) is 0 Å². The van der Waals surface area contributed by atoms with E-state index in [4.69, 9.17) is 5.26 Å². The molecule has 4 rings (SSSR count). The molecule has 0 aliphatic carbocycles. The quantitative estimate of drug-likeness (QED) is 0.567. The molecule has 0 fully saturated rings. The number of aromatic nitrogens is 4. The van der Waals surface area contributed by atoms with Crippen molar-refractivity contribution < 1.29 is 0 Å². The molecule has 0 radical (unpaired) electrons. The Hall–Kier alpha value is -3.24. The third-order valence-electron chi connectivity index (χ3n) is 3.90. The van der Waals surface area contributed by atoms with Crippen LogP contribution in [-0.4, -0.2) is 26.9 Å². The molecule has 0 unspecified atom stereocenters. The first-order valence-electron chi connectivity index (χ1n) is 7.70. The molecule has 0 spiro atoms. The summed E-state index contributed by atoms with van der Waals surface area (Å²) in [5.41, 5.74) is 3.44. The van der Waals surface area contributed by atoms with Crippen LogP contribution in [0.4, 0.5) is 5.82 Å². The third kappa shape index (κ3) is 2.95. The van der Waals surface area contributed by atoms with E-state index < -0.39 is 0 Å². The van der Waals surface area contributed by atoms with Gasteiger partial charge in [-0.2, -0.15) is 21.1 Å². The Morgan fingerprint density at radius 2 is 2.12 bits per heavy atom. The molecule has 0 saturated heterocycles. The zero-order valence-electron chi connectivity index (χ0n) is 13.5. The van der Waals surface area contributed by atoms with E-state index >= 15 is 0 Å². The highest BCUT2D eigenvalue weighted by atomic mass is 32.1. The average molecular weight is 346 g/mol. The maximum absolute atomic E-state index is 9.04. The lowest BCUT2D eigenvalue weighted by molar-refractivity contribution is 0.842. The van der Waals surface area contributed by atoms with E-state index in [9.17, 15) is 0 Å². The zero-order chi connectivity index (χ0) is 17.2. The Morgan fingerprint density at radius 1 is 1.20 bits per heavy atom. The van der Waals surface area contributed by atoms with Crippen molar-refractivity contribution in [2.45, 2.75) is 6.54 Å². The number of hydrogen-bond donors (Lipinski definition) is 0. The topological polar surface area (TPSA) is 70.1 Å². The Morgan fingerprint density at radius 3 is 2.92 bits per heavy atom. The highest BCUT2D eigenvalue weighted by molar-refractivity contribution is 7.08. The SMILES string of the molecule is CN(Cc1cccc(C#N)c1)c1ccc2nnc(-c3ccsc3)n2n1. The lowest BCUT2D eigenvalue weighted by Gasteiger charge is -2.18. The van der Waals surface area contributed by atoms with E-state index in [1.165, 1.54) is 0 Å². The van der Waals surface area contributed by atoms with Gasteiger partial charge in [-0.15, -0.1) is 15.3 Å². The van der Waals surface area contributed by atoms with Gasteiger partial charge >= 0.3 is 0 Å². The summed E-state index contributed by atoms with van der Waals surface area (Å²) in [5.74, 6) is 1.55. The van der Waals surface area contributed by atoms with Crippen LogP contribution in [-0.2, 0) is 6.54 Å². The standard InChI is InChI=1S/C18H14N6S/c1-23(11-14-4-2-3-13(9-14)10-19)17-6-5-16-20-21-18(24(16)22-17)15-7-8-25-12-15/h2-9,12H,11H2,1H3. The lowest BCUT2D eigenvalue weighted by atomic mass is 10.1. The van der Waals surface area contributed by atoms with Crippen molar-refractivity contribution in [3.05, 3.63) is 64.4 Å². The summed E-state index contributed by atoms with van der Waals surface area (Å²) in [6, 6.07) is 15.6. The normalized spacial score (nSPS) is 10.7. The molecule has 4 aromatic rings. The molecule has 0 bridgehead atoms. The van der Waals surface area contributed by atoms with Gasteiger partial charge in [0, 0.05) is 24.5 Å². The Labute approximate surface area is 148 Å². The summed E-state index contributed by atoms with van der Waals surface area (Å²) < 4.78 is 1.76. The molecule has 1 aromatic carbocycles. The molecule has 6 nitrogen and oxygen atoms in total. The molecule has 0 aliphatic rings. The van der Waals surface area contributed by atoms with Crippen molar-refractivity contribution in [3.63, 3.8) is 0 Å². The Balaban J connectivity index is 1.66. The second-order valence-electron chi connectivity index (χ2n) is 5.67. The maximum atomic E-state index is 9.04. The van der Waals surface area contributed by atoms with Crippen molar-refractivity contribution in [1.29, 1.82) is 5.26 Å². The van der Waals surface area contributed by atoms with Gasteiger partial charge in [0.2, 0.25) is 0 Å².